The van der Waals surface area contributed by atoms with Crippen molar-refractivity contribution in [2.24, 2.45) is 23.7 Å². The molecule has 6 heteroatoms. The lowest BCUT2D eigenvalue weighted by molar-refractivity contribution is -0.146. The quantitative estimate of drug-likeness (QED) is 0.678. The number of carbonyl (C=O) groups excluding carboxylic acids is 2. The predicted octanol–water partition coefficient (Wildman–Crippen LogP) is 3.71. The normalized spacial score (nSPS) is 24.3. The lowest BCUT2D eigenvalue weighted by atomic mass is 9.82. The predicted molar refractivity (Wildman–Crippen MR) is 110 cm³/mol. The van der Waals surface area contributed by atoms with Crippen LogP contribution in [0.15, 0.2) is 60.7 Å². The van der Waals surface area contributed by atoms with Crippen molar-refractivity contribution in [2.45, 2.75) is 13.3 Å². The van der Waals surface area contributed by atoms with Gasteiger partial charge in [-0.05, 0) is 55.0 Å². The summed E-state index contributed by atoms with van der Waals surface area (Å²) in [4.78, 5) is 37.0. The summed E-state index contributed by atoms with van der Waals surface area (Å²) in [7, 11) is 0. The number of benzene rings is 2. The molecule has 29 heavy (non-hydrogen) atoms. The molecular formula is C23H22N2O4. The number of carbonyl (C=O) groups is 3. The highest BCUT2D eigenvalue weighted by Gasteiger charge is 2.51. The molecule has 2 aliphatic carbocycles. The molecule has 0 radical (unpaired) electrons. The van der Waals surface area contributed by atoms with Gasteiger partial charge in [0.1, 0.15) is 0 Å². The molecule has 0 spiro atoms. The first-order chi connectivity index (χ1) is 13.9. The number of fused-ring (bicyclic) bond motifs is 2. The maximum absolute atomic E-state index is 12.9. The number of anilines is 2. The molecule has 2 aliphatic rings. The molecule has 0 aliphatic heterocycles. The second-order valence-electron chi connectivity index (χ2n) is 7.68. The van der Waals surface area contributed by atoms with Gasteiger partial charge in [-0.25, -0.2) is 0 Å². The van der Waals surface area contributed by atoms with Crippen LogP contribution in [0.1, 0.15) is 22.3 Å². The Morgan fingerprint density at radius 1 is 0.931 bits per heavy atom. The second kappa shape index (κ2) is 7.54. The Kier molecular flexibility index (Phi) is 4.92. The third kappa shape index (κ3) is 3.66. The highest BCUT2D eigenvalue weighted by atomic mass is 16.4. The van der Waals surface area contributed by atoms with Gasteiger partial charge in [0.2, 0.25) is 5.91 Å². The number of hydrogen-bond donors (Lipinski definition) is 3. The van der Waals surface area contributed by atoms with E-state index in [4.69, 9.17) is 0 Å². The molecule has 3 N–H and O–H groups in total. The fraction of sp³-hybridized carbons (Fsp3) is 0.261. The molecule has 1 saturated carbocycles. The number of rotatable bonds is 5. The molecule has 6 nitrogen and oxygen atoms in total. The zero-order valence-electron chi connectivity index (χ0n) is 16.0. The summed E-state index contributed by atoms with van der Waals surface area (Å²) in [5.74, 6) is -2.84. The molecule has 4 rings (SSSR count). The summed E-state index contributed by atoms with van der Waals surface area (Å²) in [5.41, 5.74) is 2.50. The van der Waals surface area contributed by atoms with Crippen LogP contribution in [0.2, 0.25) is 0 Å². The van der Waals surface area contributed by atoms with Gasteiger partial charge in [-0.15, -0.1) is 0 Å². The van der Waals surface area contributed by atoms with E-state index < -0.39 is 17.8 Å². The molecule has 2 amide bonds. The molecule has 0 aromatic heterocycles. The van der Waals surface area contributed by atoms with Gasteiger partial charge in [0, 0.05) is 16.9 Å². The number of amides is 2. The summed E-state index contributed by atoms with van der Waals surface area (Å²) in [6.07, 6.45) is 4.58. The van der Waals surface area contributed by atoms with Gasteiger partial charge in [-0.2, -0.15) is 0 Å². The zero-order chi connectivity index (χ0) is 20.5. The van der Waals surface area contributed by atoms with Crippen LogP contribution < -0.4 is 10.6 Å². The van der Waals surface area contributed by atoms with Crippen LogP contribution in [0.3, 0.4) is 0 Å². The Balaban J connectivity index is 1.51. The first kappa shape index (κ1) is 18.9. The summed E-state index contributed by atoms with van der Waals surface area (Å²) in [6.45, 7) is 1.85. The van der Waals surface area contributed by atoms with Gasteiger partial charge in [0.05, 0.1) is 11.8 Å². The Labute approximate surface area is 168 Å². The molecule has 2 aromatic carbocycles. The van der Waals surface area contributed by atoms with Crippen molar-refractivity contribution in [3.63, 3.8) is 0 Å². The highest BCUT2D eigenvalue weighted by molar-refractivity contribution is 6.05. The third-order valence-corrected chi connectivity index (χ3v) is 5.84. The molecule has 4 unspecified atom stereocenters. The molecule has 2 bridgehead atoms. The highest BCUT2D eigenvalue weighted by Crippen LogP contribution is 2.48. The minimum Gasteiger partial charge on any atom is -0.481 e. The van der Waals surface area contributed by atoms with Gasteiger partial charge in [-0.3, -0.25) is 14.4 Å². The number of aryl methyl sites for hydroxylation is 1. The minimum absolute atomic E-state index is 0.0395. The summed E-state index contributed by atoms with van der Waals surface area (Å²) >= 11 is 0. The van der Waals surface area contributed by atoms with Gasteiger partial charge >= 0.3 is 5.97 Å². The number of aliphatic carboxylic acids is 1. The van der Waals surface area contributed by atoms with Crippen molar-refractivity contribution in [1.29, 1.82) is 0 Å². The van der Waals surface area contributed by atoms with Crippen molar-refractivity contribution in [1.82, 2.24) is 0 Å². The fourth-order valence-corrected chi connectivity index (χ4v) is 4.36. The number of carboxylic acids is 1. The largest absolute Gasteiger partial charge is 0.481 e. The van der Waals surface area contributed by atoms with Crippen LogP contribution in [0.4, 0.5) is 11.4 Å². The average Bonchev–Trinajstić information content (AvgIpc) is 3.32. The maximum Gasteiger partial charge on any atom is 0.307 e. The maximum atomic E-state index is 12.9. The van der Waals surface area contributed by atoms with E-state index in [9.17, 15) is 19.5 Å². The van der Waals surface area contributed by atoms with Gasteiger partial charge < -0.3 is 15.7 Å². The smallest absolute Gasteiger partial charge is 0.307 e. The molecule has 4 atom stereocenters. The van der Waals surface area contributed by atoms with E-state index in [0.29, 0.717) is 23.4 Å². The van der Waals surface area contributed by atoms with Crippen molar-refractivity contribution in [3.8, 4) is 0 Å². The number of hydrogen-bond acceptors (Lipinski definition) is 3. The molecule has 0 saturated heterocycles. The van der Waals surface area contributed by atoms with Crippen molar-refractivity contribution in [3.05, 3.63) is 71.8 Å². The molecular weight excluding hydrogens is 368 g/mol. The van der Waals surface area contributed by atoms with Crippen LogP contribution >= 0.6 is 0 Å². The Morgan fingerprint density at radius 3 is 2.31 bits per heavy atom. The SMILES string of the molecule is Cc1ccc(NC(=O)c2ccccc2)cc1NC(=O)C1C2C=CC(C2)C1C(=O)O. The van der Waals surface area contributed by atoms with E-state index in [2.05, 4.69) is 10.6 Å². The summed E-state index contributed by atoms with van der Waals surface area (Å²) in [6, 6.07) is 14.1. The second-order valence-corrected chi connectivity index (χ2v) is 7.68. The van der Waals surface area contributed by atoms with Crippen LogP contribution in [0.25, 0.3) is 0 Å². The monoisotopic (exact) mass is 390 g/mol. The lowest BCUT2D eigenvalue weighted by Gasteiger charge is -2.24. The van der Waals surface area contributed by atoms with E-state index in [1.54, 1.807) is 36.4 Å². The number of carboxylic acid groups (broad SMARTS) is 1. The Morgan fingerprint density at radius 2 is 1.62 bits per heavy atom. The van der Waals surface area contributed by atoms with Gasteiger partial charge in [-0.1, -0.05) is 36.4 Å². The summed E-state index contributed by atoms with van der Waals surface area (Å²) < 4.78 is 0. The van der Waals surface area contributed by atoms with Crippen molar-refractivity contribution in [2.75, 3.05) is 10.6 Å². The summed E-state index contributed by atoms with van der Waals surface area (Å²) in [5, 5.41) is 15.3. The van der Waals surface area contributed by atoms with E-state index in [0.717, 1.165) is 5.56 Å². The van der Waals surface area contributed by atoms with Crippen LogP contribution in [-0.4, -0.2) is 22.9 Å². The van der Waals surface area contributed by atoms with Gasteiger partial charge in [0.15, 0.2) is 0 Å². The van der Waals surface area contributed by atoms with Crippen LogP contribution in [-0.2, 0) is 9.59 Å². The minimum atomic E-state index is -0.928. The fourth-order valence-electron chi connectivity index (χ4n) is 4.36. The van der Waals surface area contributed by atoms with Crippen LogP contribution in [0, 0.1) is 30.6 Å². The Hall–Kier alpha value is -3.41. The van der Waals surface area contributed by atoms with Crippen LogP contribution in [0.5, 0.6) is 0 Å². The number of allylic oxidation sites excluding steroid dienone is 2. The lowest BCUT2D eigenvalue weighted by Crippen LogP contribution is -2.36. The first-order valence-electron chi connectivity index (χ1n) is 9.63. The molecule has 148 valence electrons. The first-order valence-corrected chi connectivity index (χ1v) is 9.63. The number of nitrogens with one attached hydrogen (secondary N) is 2. The van der Waals surface area contributed by atoms with Crippen molar-refractivity contribution >= 4 is 29.2 Å². The molecule has 1 fully saturated rings. The molecule has 2 aromatic rings. The molecule has 0 heterocycles. The van der Waals surface area contributed by atoms with E-state index in [1.165, 1.54) is 0 Å². The standard InChI is InChI=1S/C23H22N2O4/c1-13-7-10-17(24-21(26)14-5-3-2-4-6-14)12-18(13)25-22(27)19-15-8-9-16(11-15)20(19)23(28)29/h2-10,12,15-16,19-20H,11H2,1H3,(H,24,26)(H,25,27)(H,28,29). The topological polar surface area (TPSA) is 95.5 Å². The Bertz CT molecular complexity index is 999. The van der Waals surface area contributed by atoms with Crippen molar-refractivity contribution < 1.29 is 19.5 Å². The van der Waals surface area contributed by atoms with E-state index >= 15 is 0 Å². The van der Waals surface area contributed by atoms with E-state index in [-0.39, 0.29) is 23.7 Å². The zero-order valence-corrected chi connectivity index (χ0v) is 16.0. The van der Waals surface area contributed by atoms with E-state index in [1.807, 2.05) is 31.2 Å². The average molecular weight is 390 g/mol. The van der Waals surface area contributed by atoms with Gasteiger partial charge in [0.25, 0.3) is 5.91 Å². The third-order valence-electron chi connectivity index (χ3n) is 5.84.